The molecule has 0 spiro atoms. The number of fused-ring (bicyclic) bond motifs is 1. The minimum Gasteiger partial charge on any atom is -0.338 e. The van der Waals surface area contributed by atoms with Gasteiger partial charge in [-0.3, -0.25) is 10.3 Å². The van der Waals surface area contributed by atoms with Gasteiger partial charge in [-0.2, -0.15) is 0 Å². The van der Waals surface area contributed by atoms with Gasteiger partial charge in [0.25, 0.3) is 0 Å². The van der Waals surface area contributed by atoms with E-state index in [1.165, 1.54) is 17.3 Å². The molecule has 0 saturated carbocycles. The molecule has 0 amide bonds. The lowest BCUT2D eigenvalue weighted by Crippen LogP contribution is -2.58. The van der Waals surface area contributed by atoms with Crippen LogP contribution in [0.3, 0.4) is 0 Å². The van der Waals surface area contributed by atoms with Gasteiger partial charge >= 0.3 is 0 Å². The van der Waals surface area contributed by atoms with Gasteiger partial charge in [-0.1, -0.05) is 0 Å². The second-order valence-corrected chi connectivity index (χ2v) is 7.57. The quantitative estimate of drug-likeness (QED) is 0.845. The summed E-state index contributed by atoms with van der Waals surface area (Å²) in [5.74, 6) is 1.48. The Bertz CT molecular complexity index is 651. The Morgan fingerprint density at radius 2 is 2.18 bits per heavy atom. The first kappa shape index (κ1) is 14.3. The maximum absolute atomic E-state index is 13.0. The maximum atomic E-state index is 13.0. The Morgan fingerprint density at radius 1 is 1.36 bits per heavy atom. The van der Waals surface area contributed by atoms with Crippen LogP contribution >= 0.6 is 23.1 Å². The molecule has 2 saturated heterocycles. The van der Waals surface area contributed by atoms with Crippen molar-refractivity contribution >= 4 is 29.0 Å². The van der Waals surface area contributed by atoms with E-state index in [4.69, 9.17) is 5.73 Å². The summed E-state index contributed by atoms with van der Waals surface area (Å²) in [5.41, 5.74) is 7.63. The number of nitrogens with two attached hydrogens (primary N) is 1. The highest BCUT2D eigenvalue weighted by Crippen LogP contribution is 2.44. The maximum Gasteiger partial charge on any atom is 0.225 e. The molecule has 0 aromatic carbocycles. The topological polar surface area (TPSA) is 80.0 Å². The lowest BCUT2D eigenvalue weighted by Gasteiger charge is -2.41. The summed E-state index contributed by atoms with van der Waals surface area (Å²) in [6.07, 6.45) is 4.32. The van der Waals surface area contributed by atoms with Gasteiger partial charge in [-0.15, -0.1) is 23.1 Å². The smallest absolute Gasteiger partial charge is 0.225 e. The number of halogens is 1. The van der Waals surface area contributed by atoms with Gasteiger partial charge < -0.3 is 10.6 Å². The van der Waals surface area contributed by atoms with E-state index in [0.717, 1.165) is 12.3 Å². The van der Waals surface area contributed by atoms with E-state index in [2.05, 4.69) is 25.2 Å². The summed E-state index contributed by atoms with van der Waals surface area (Å²) in [4.78, 5) is 15.7. The van der Waals surface area contributed by atoms with E-state index in [1.807, 2.05) is 11.7 Å². The van der Waals surface area contributed by atoms with Crippen molar-refractivity contribution in [2.45, 2.75) is 11.0 Å². The average molecular weight is 338 g/mol. The number of thiazole rings is 1. The molecule has 9 heteroatoms. The molecule has 4 heterocycles. The number of hydrogen-bond donors (Lipinski definition) is 2. The first-order valence-corrected chi connectivity index (χ1v) is 8.86. The van der Waals surface area contributed by atoms with Crippen molar-refractivity contribution in [2.75, 3.05) is 23.7 Å². The molecule has 0 aliphatic carbocycles. The van der Waals surface area contributed by atoms with E-state index >= 15 is 0 Å². The van der Waals surface area contributed by atoms with Crippen molar-refractivity contribution in [3.8, 4) is 0 Å². The van der Waals surface area contributed by atoms with E-state index in [0.29, 0.717) is 18.4 Å². The Kier molecular flexibility index (Phi) is 3.52. The zero-order valence-corrected chi connectivity index (χ0v) is 13.3. The van der Waals surface area contributed by atoms with Crippen molar-refractivity contribution in [2.24, 2.45) is 11.7 Å². The average Bonchev–Trinajstić information content (AvgIpc) is 3.15. The molecule has 22 heavy (non-hydrogen) atoms. The largest absolute Gasteiger partial charge is 0.338 e. The van der Waals surface area contributed by atoms with E-state index in [-0.39, 0.29) is 11.0 Å². The van der Waals surface area contributed by atoms with Gasteiger partial charge in [-0.05, 0) is 0 Å². The summed E-state index contributed by atoms with van der Waals surface area (Å²) in [6.45, 7) is 1.52. The van der Waals surface area contributed by atoms with E-state index < -0.39 is 5.82 Å². The summed E-state index contributed by atoms with van der Waals surface area (Å²) in [5, 5.41) is 3.55. The van der Waals surface area contributed by atoms with Gasteiger partial charge in [0.1, 0.15) is 5.50 Å². The standard InChI is InChI=1S/C13H15FN6S2/c14-9-1-17-12(18-2-9)20-4-8-5-21-11(15)19-13(8,6-20)10-3-16-7-22-10/h1-3,7-8,11,19H,4-6,15H2/t8-,11?,13-/m0/s1. The van der Waals surface area contributed by atoms with Crippen molar-refractivity contribution in [3.63, 3.8) is 0 Å². The molecule has 4 rings (SSSR count). The second kappa shape index (κ2) is 5.41. The highest BCUT2D eigenvalue weighted by atomic mass is 32.2. The van der Waals surface area contributed by atoms with Crippen LogP contribution in [0.15, 0.2) is 24.1 Å². The zero-order valence-electron chi connectivity index (χ0n) is 11.6. The molecule has 3 atom stereocenters. The fraction of sp³-hybridized carbons (Fsp3) is 0.462. The van der Waals surface area contributed by atoms with E-state index in [1.54, 1.807) is 23.1 Å². The number of hydrogen-bond acceptors (Lipinski definition) is 8. The number of anilines is 1. The van der Waals surface area contributed by atoms with Crippen LogP contribution in [0, 0.1) is 11.7 Å². The number of nitrogens with zero attached hydrogens (tertiary/aromatic N) is 4. The summed E-state index contributed by atoms with van der Waals surface area (Å²) in [6, 6.07) is 0. The third-order valence-corrected chi connectivity index (χ3v) is 6.24. The minimum absolute atomic E-state index is 0.104. The summed E-state index contributed by atoms with van der Waals surface area (Å²) in [7, 11) is 0. The Hall–Kier alpha value is -1.29. The monoisotopic (exact) mass is 338 g/mol. The number of nitrogens with one attached hydrogen (secondary N) is 1. The normalized spacial score (nSPS) is 31.3. The van der Waals surface area contributed by atoms with Gasteiger partial charge in [0, 0.05) is 35.8 Å². The third kappa shape index (κ3) is 2.28. The molecule has 0 bridgehead atoms. The molecule has 3 N–H and O–H groups in total. The van der Waals surface area contributed by atoms with Crippen molar-refractivity contribution in [1.29, 1.82) is 0 Å². The predicted octanol–water partition coefficient (Wildman–Crippen LogP) is 0.983. The molecule has 6 nitrogen and oxygen atoms in total. The van der Waals surface area contributed by atoms with Crippen LogP contribution in [0.2, 0.25) is 0 Å². The van der Waals surface area contributed by atoms with Crippen LogP contribution in [0.1, 0.15) is 4.88 Å². The highest BCUT2D eigenvalue weighted by Gasteiger charge is 2.52. The molecule has 2 fully saturated rings. The summed E-state index contributed by atoms with van der Waals surface area (Å²) >= 11 is 3.35. The highest BCUT2D eigenvalue weighted by molar-refractivity contribution is 7.99. The fourth-order valence-corrected chi connectivity index (χ4v) is 5.18. The van der Waals surface area contributed by atoms with Crippen molar-refractivity contribution in [1.82, 2.24) is 20.3 Å². The predicted molar refractivity (Wildman–Crippen MR) is 85.1 cm³/mol. The first-order valence-electron chi connectivity index (χ1n) is 6.94. The van der Waals surface area contributed by atoms with Gasteiger partial charge in [0.05, 0.1) is 23.4 Å². The second-order valence-electron chi connectivity index (χ2n) is 5.51. The van der Waals surface area contributed by atoms with Crippen molar-refractivity contribution in [3.05, 3.63) is 34.8 Å². The third-order valence-electron chi connectivity index (χ3n) is 4.22. The van der Waals surface area contributed by atoms with Gasteiger partial charge in [-0.25, -0.2) is 14.4 Å². The van der Waals surface area contributed by atoms with Crippen LogP contribution < -0.4 is 16.0 Å². The molecule has 2 aliphatic heterocycles. The molecule has 116 valence electrons. The van der Waals surface area contributed by atoms with Gasteiger partial charge in [0.15, 0.2) is 5.82 Å². The SMILES string of the molecule is NC1N[C@@]2(c3cncs3)CN(c3ncc(F)cn3)C[C@H]2CS1. The van der Waals surface area contributed by atoms with Crippen LogP contribution in [-0.4, -0.2) is 39.3 Å². The Labute approximate surface area is 135 Å². The lowest BCUT2D eigenvalue weighted by atomic mass is 9.87. The molecule has 2 aromatic heterocycles. The molecular formula is C13H15FN6S2. The molecule has 2 aromatic rings. The Morgan fingerprint density at radius 3 is 2.91 bits per heavy atom. The minimum atomic E-state index is -0.423. The number of thioether (sulfide) groups is 1. The number of aromatic nitrogens is 3. The van der Waals surface area contributed by atoms with Gasteiger partial charge in [0.2, 0.25) is 5.95 Å². The summed E-state index contributed by atoms with van der Waals surface area (Å²) < 4.78 is 13.0. The number of rotatable bonds is 2. The molecular weight excluding hydrogens is 323 g/mol. The zero-order chi connectivity index (χ0) is 15.2. The van der Waals surface area contributed by atoms with Crippen LogP contribution in [0.5, 0.6) is 0 Å². The lowest BCUT2D eigenvalue weighted by molar-refractivity contribution is 0.279. The van der Waals surface area contributed by atoms with E-state index in [9.17, 15) is 4.39 Å². The fourth-order valence-electron chi connectivity index (χ4n) is 3.20. The van der Waals surface area contributed by atoms with Crippen LogP contribution in [0.25, 0.3) is 0 Å². The van der Waals surface area contributed by atoms with Crippen LogP contribution in [0.4, 0.5) is 10.3 Å². The first-order chi connectivity index (χ1) is 10.7. The van der Waals surface area contributed by atoms with Crippen LogP contribution in [-0.2, 0) is 5.54 Å². The molecule has 2 aliphatic rings. The molecule has 1 unspecified atom stereocenters. The van der Waals surface area contributed by atoms with Crippen molar-refractivity contribution < 1.29 is 4.39 Å². The Balaban J connectivity index is 1.69. The molecule has 0 radical (unpaired) electrons.